The number of aromatic nitrogens is 3. The molecule has 29 heavy (non-hydrogen) atoms. The van der Waals surface area contributed by atoms with Crippen molar-refractivity contribution < 1.29 is 14.4 Å². The zero-order valence-electron chi connectivity index (χ0n) is 15.7. The van der Waals surface area contributed by atoms with E-state index in [4.69, 9.17) is 5.73 Å². The topological polar surface area (TPSA) is 114 Å². The van der Waals surface area contributed by atoms with Crippen molar-refractivity contribution in [2.75, 3.05) is 26.2 Å². The Labute approximate surface area is 166 Å². The summed E-state index contributed by atoms with van der Waals surface area (Å²) in [6.07, 6.45) is 1.40. The van der Waals surface area contributed by atoms with Crippen LogP contribution in [-0.2, 0) is 11.3 Å². The number of Topliss-reactive ketones (excluding diaryl/α,β-unsaturated/α-hetero) is 1. The van der Waals surface area contributed by atoms with Gasteiger partial charge in [0.05, 0.1) is 11.7 Å². The molecule has 1 fully saturated rings. The van der Waals surface area contributed by atoms with Gasteiger partial charge in [0.15, 0.2) is 0 Å². The van der Waals surface area contributed by atoms with Gasteiger partial charge in [-0.1, -0.05) is 30.3 Å². The number of primary amides is 1. The summed E-state index contributed by atoms with van der Waals surface area (Å²) in [4.78, 5) is 43.9. The summed E-state index contributed by atoms with van der Waals surface area (Å²) in [5.74, 6) is -2.49. The minimum absolute atomic E-state index is 0.186. The SMILES string of the molecule is NC(=O)C(=O)c1ncc2ccc(C(=O)N3CCN(Cc4ccccc4)CC3)nn12. The molecule has 2 amide bonds. The first-order valence-corrected chi connectivity index (χ1v) is 9.27. The van der Waals surface area contributed by atoms with Gasteiger partial charge in [-0.15, -0.1) is 0 Å². The average molecular weight is 392 g/mol. The molecule has 148 valence electrons. The summed E-state index contributed by atoms with van der Waals surface area (Å²) in [7, 11) is 0. The zero-order valence-corrected chi connectivity index (χ0v) is 15.7. The monoisotopic (exact) mass is 392 g/mol. The molecule has 1 aliphatic rings. The molecule has 0 radical (unpaired) electrons. The summed E-state index contributed by atoms with van der Waals surface area (Å²) in [5, 5.41) is 4.22. The molecule has 0 unspecified atom stereocenters. The van der Waals surface area contributed by atoms with Crippen LogP contribution in [-0.4, -0.2) is 68.2 Å². The van der Waals surface area contributed by atoms with Crippen LogP contribution in [0.2, 0.25) is 0 Å². The van der Waals surface area contributed by atoms with Crippen LogP contribution in [0.3, 0.4) is 0 Å². The first-order chi connectivity index (χ1) is 14.0. The van der Waals surface area contributed by atoms with Crippen molar-refractivity contribution in [3.8, 4) is 0 Å². The number of fused-ring (bicyclic) bond motifs is 1. The fraction of sp³-hybridized carbons (Fsp3) is 0.250. The third kappa shape index (κ3) is 3.85. The summed E-state index contributed by atoms with van der Waals surface area (Å²) in [6.45, 7) is 3.55. The number of hydrogen-bond acceptors (Lipinski definition) is 6. The van der Waals surface area contributed by atoms with Crippen LogP contribution in [0, 0.1) is 0 Å². The third-order valence-corrected chi connectivity index (χ3v) is 4.94. The van der Waals surface area contributed by atoms with Crippen LogP contribution < -0.4 is 5.73 Å². The van der Waals surface area contributed by atoms with Crippen molar-refractivity contribution in [2.24, 2.45) is 5.73 Å². The van der Waals surface area contributed by atoms with Crippen LogP contribution in [0.4, 0.5) is 0 Å². The molecule has 0 bridgehead atoms. The highest BCUT2D eigenvalue weighted by Gasteiger charge is 2.25. The first kappa shape index (κ1) is 18.8. The number of benzene rings is 1. The van der Waals surface area contributed by atoms with E-state index in [9.17, 15) is 14.4 Å². The normalized spacial score (nSPS) is 14.8. The van der Waals surface area contributed by atoms with Crippen LogP contribution in [0.1, 0.15) is 26.7 Å². The second-order valence-corrected chi connectivity index (χ2v) is 6.88. The number of nitrogens with zero attached hydrogens (tertiary/aromatic N) is 5. The van der Waals surface area contributed by atoms with Gasteiger partial charge >= 0.3 is 0 Å². The number of piperazine rings is 1. The smallest absolute Gasteiger partial charge is 0.293 e. The van der Waals surface area contributed by atoms with E-state index in [1.807, 2.05) is 18.2 Å². The van der Waals surface area contributed by atoms with Gasteiger partial charge < -0.3 is 10.6 Å². The van der Waals surface area contributed by atoms with E-state index in [-0.39, 0.29) is 17.4 Å². The number of imidazole rings is 1. The molecule has 1 saturated heterocycles. The summed E-state index contributed by atoms with van der Waals surface area (Å²) < 4.78 is 1.19. The number of nitrogens with two attached hydrogens (primary N) is 1. The molecule has 0 saturated carbocycles. The fourth-order valence-corrected chi connectivity index (χ4v) is 3.37. The van der Waals surface area contributed by atoms with Crippen molar-refractivity contribution >= 4 is 23.1 Å². The van der Waals surface area contributed by atoms with Crippen molar-refractivity contribution in [3.63, 3.8) is 0 Å². The molecule has 3 heterocycles. The quantitative estimate of drug-likeness (QED) is 0.495. The standard InChI is InChI=1S/C20H20N6O3/c21-18(28)17(27)19-22-12-15-6-7-16(23-26(15)19)20(29)25-10-8-24(9-11-25)13-14-4-2-1-3-5-14/h1-7,12H,8-11,13H2,(H2,21,28). The van der Waals surface area contributed by atoms with Crippen molar-refractivity contribution in [3.05, 3.63) is 65.7 Å². The molecule has 4 rings (SSSR count). The molecule has 3 aromatic rings. The Kier molecular flexibility index (Phi) is 5.05. The van der Waals surface area contributed by atoms with Gasteiger partial charge in [-0.05, 0) is 17.7 Å². The zero-order chi connectivity index (χ0) is 20.4. The Morgan fingerprint density at radius 2 is 1.69 bits per heavy atom. The lowest BCUT2D eigenvalue weighted by Gasteiger charge is -2.34. The van der Waals surface area contributed by atoms with E-state index in [2.05, 4.69) is 27.1 Å². The molecule has 1 aromatic carbocycles. The summed E-state index contributed by atoms with van der Waals surface area (Å²) in [5.41, 5.74) is 6.98. The highest BCUT2D eigenvalue weighted by atomic mass is 16.2. The molecular formula is C20H20N6O3. The minimum Gasteiger partial charge on any atom is -0.363 e. The maximum absolute atomic E-state index is 12.9. The van der Waals surface area contributed by atoms with Crippen LogP contribution in [0.15, 0.2) is 48.7 Å². The minimum atomic E-state index is -1.12. The summed E-state index contributed by atoms with van der Waals surface area (Å²) in [6, 6.07) is 13.4. The molecule has 2 N–H and O–H groups in total. The summed E-state index contributed by atoms with van der Waals surface area (Å²) >= 11 is 0. The van der Waals surface area contributed by atoms with Gasteiger partial charge in [0.2, 0.25) is 5.82 Å². The molecule has 9 heteroatoms. The van der Waals surface area contributed by atoms with E-state index in [1.165, 1.54) is 16.3 Å². The lowest BCUT2D eigenvalue weighted by Crippen LogP contribution is -2.48. The number of ketones is 1. The van der Waals surface area contributed by atoms with Gasteiger partial charge in [-0.3, -0.25) is 19.3 Å². The molecule has 0 spiro atoms. The molecule has 1 aliphatic heterocycles. The fourth-order valence-electron chi connectivity index (χ4n) is 3.37. The lowest BCUT2D eigenvalue weighted by atomic mass is 10.2. The maximum Gasteiger partial charge on any atom is 0.293 e. The highest BCUT2D eigenvalue weighted by Crippen LogP contribution is 2.12. The van der Waals surface area contributed by atoms with Crippen molar-refractivity contribution in [1.29, 1.82) is 0 Å². The number of hydrogen-bond donors (Lipinski definition) is 1. The first-order valence-electron chi connectivity index (χ1n) is 9.27. The Morgan fingerprint density at radius 3 is 2.38 bits per heavy atom. The Hall–Kier alpha value is -3.59. The Morgan fingerprint density at radius 1 is 0.966 bits per heavy atom. The third-order valence-electron chi connectivity index (χ3n) is 4.94. The van der Waals surface area contributed by atoms with E-state index >= 15 is 0 Å². The number of carbonyl (C=O) groups excluding carboxylic acids is 3. The molecule has 9 nitrogen and oxygen atoms in total. The van der Waals surface area contributed by atoms with E-state index in [0.717, 1.165) is 19.6 Å². The number of amides is 2. The predicted octanol–water partition coefficient (Wildman–Crippen LogP) is 0.355. The lowest BCUT2D eigenvalue weighted by molar-refractivity contribution is -0.114. The van der Waals surface area contributed by atoms with Crippen LogP contribution >= 0.6 is 0 Å². The molecule has 2 aromatic heterocycles. The number of carbonyl (C=O) groups is 3. The van der Waals surface area contributed by atoms with Gasteiger partial charge in [0.25, 0.3) is 17.6 Å². The second kappa shape index (κ2) is 7.80. The largest absolute Gasteiger partial charge is 0.363 e. The average Bonchev–Trinajstić information content (AvgIpc) is 3.17. The maximum atomic E-state index is 12.9. The van der Waals surface area contributed by atoms with Crippen LogP contribution in [0.5, 0.6) is 0 Å². The van der Waals surface area contributed by atoms with E-state index in [0.29, 0.717) is 18.6 Å². The molecule has 0 aliphatic carbocycles. The van der Waals surface area contributed by atoms with Crippen LogP contribution in [0.25, 0.3) is 5.52 Å². The Bertz CT molecular complexity index is 1070. The predicted molar refractivity (Wildman–Crippen MR) is 104 cm³/mol. The van der Waals surface area contributed by atoms with Gasteiger partial charge in [0.1, 0.15) is 5.69 Å². The highest BCUT2D eigenvalue weighted by molar-refractivity contribution is 6.41. The van der Waals surface area contributed by atoms with Gasteiger partial charge in [-0.25, -0.2) is 9.50 Å². The number of rotatable bonds is 5. The van der Waals surface area contributed by atoms with E-state index < -0.39 is 11.7 Å². The van der Waals surface area contributed by atoms with Gasteiger partial charge in [-0.2, -0.15) is 5.10 Å². The molecular weight excluding hydrogens is 372 g/mol. The second-order valence-electron chi connectivity index (χ2n) is 6.88. The van der Waals surface area contributed by atoms with Gasteiger partial charge in [0, 0.05) is 32.7 Å². The van der Waals surface area contributed by atoms with Crippen molar-refractivity contribution in [1.82, 2.24) is 24.4 Å². The Balaban J connectivity index is 1.46. The van der Waals surface area contributed by atoms with E-state index in [1.54, 1.807) is 17.0 Å². The molecule has 0 atom stereocenters. The van der Waals surface area contributed by atoms with Crippen molar-refractivity contribution in [2.45, 2.75) is 6.54 Å².